The lowest BCUT2D eigenvalue weighted by molar-refractivity contribution is 0.0696. The van der Waals surface area contributed by atoms with Crippen molar-refractivity contribution in [3.05, 3.63) is 41.7 Å². The van der Waals surface area contributed by atoms with Gasteiger partial charge in [-0.15, -0.1) is 0 Å². The molecule has 2 rings (SSSR count). The number of primary amides is 1. The number of nitrogens with zero attached hydrogens (tertiary/aromatic N) is 2. The lowest BCUT2D eigenvalue weighted by atomic mass is 10.2. The Morgan fingerprint density at radius 1 is 1.28 bits per heavy atom. The van der Waals surface area contributed by atoms with Gasteiger partial charge in [-0.3, -0.25) is 4.79 Å². The van der Waals surface area contributed by atoms with Crippen molar-refractivity contribution < 1.29 is 14.7 Å². The highest BCUT2D eigenvalue weighted by molar-refractivity contribution is 5.92. The zero-order valence-electron chi connectivity index (χ0n) is 9.20. The second kappa shape index (κ2) is 4.21. The summed E-state index contributed by atoms with van der Waals surface area (Å²) in [6.07, 6.45) is 2.68. The van der Waals surface area contributed by atoms with Crippen molar-refractivity contribution in [3.63, 3.8) is 0 Å². The topological polar surface area (TPSA) is 124 Å². The molecule has 0 radical (unpaired) electrons. The van der Waals surface area contributed by atoms with Crippen molar-refractivity contribution >= 4 is 17.6 Å². The Morgan fingerprint density at radius 3 is 2.56 bits per heavy atom. The van der Waals surface area contributed by atoms with E-state index in [1.807, 2.05) is 0 Å². The molecule has 0 fully saturated rings. The molecule has 0 unspecified atom stereocenters. The Morgan fingerprint density at radius 2 is 2.00 bits per heavy atom. The number of anilines is 1. The summed E-state index contributed by atoms with van der Waals surface area (Å²) in [5, 5.41) is 12.8. The van der Waals surface area contributed by atoms with E-state index >= 15 is 0 Å². The number of aromatic carboxylic acids is 1. The number of hydrogen-bond donors (Lipinski definition) is 3. The van der Waals surface area contributed by atoms with Gasteiger partial charge in [0.25, 0.3) is 5.91 Å². The molecule has 7 nitrogen and oxygen atoms in total. The molecule has 1 amide bonds. The lowest BCUT2D eigenvalue weighted by Gasteiger charge is -2.06. The van der Waals surface area contributed by atoms with Gasteiger partial charge in [-0.1, -0.05) is 0 Å². The maximum atomic E-state index is 10.9. The van der Waals surface area contributed by atoms with Crippen LogP contribution in [0.2, 0.25) is 0 Å². The number of nitrogens with two attached hydrogens (primary N) is 2. The Labute approximate surface area is 102 Å². The summed E-state index contributed by atoms with van der Waals surface area (Å²) >= 11 is 0. The Kier molecular flexibility index (Phi) is 2.72. The normalized spacial score (nSPS) is 10.2. The molecule has 0 bridgehead atoms. The van der Waals surface area contributed by atoms with Crippen molar-refractivity contribution in [1.82, 2.24) is 9.78 Å². The molecule has 18 heavy (non-hydrogen) atoms. The number of carbonyl (C=O) groups excluding carboxylic acids is 1. The van der Waals surface area contributed by atoms with Gasteiger partial charge in [0.1, 0.15) is 0 Å². The van der Waals surface area contributed by atoms with Gasteiger partial charge >= 0.3 is 5.97 Å². The number of amides is 1. The molecule has 0 atom stereocenters. The molecule has 0 aliphatic rings. The van der Waals surface area contributed by atoms with Gasteiger partial charge in [0.15, 0.2) is 0 Å². The third kappa shape index (κ3) is 2.01. The average Bonchev–Trinajstić information content (AvgIpc) is 2.78. The van der Waals surface area contributed by atoms with Crippen molar-refractivity contribution in [3.8, 4) is 5.69 Å². The van der Waals surface area contributed by atoms with E-state index in [9.17, 15) is 9.59 Å². The number of hydrogen-bond acceptors (Lipinski definition) is 4. The summed E-state index contributed by atoms with van der Waals surface area (Å²) in [6.45, 7) is 0. The second-order valence-electron chi connectivity index (χ2n) is 3.62. The van der Waals surface area contributed by atoms with E-state index in [4.69, 9.17) is 16.6 Å². The summed E-state index contributed by atoms with van der Waals surface area (Å²) in [6, 6.07) is 4.22. The summed E-state index contributed by atoms with van der Waals surface area (Å²) in [5.74, 6) is -1.69. The van der Waals surface area contributed by atoms with Gasteiger partial charge < -0.3 is 16.6 Å². The summed E-state index contributed by atoms with van der Waals surface area (Å²) in [5.41, 5.74) is 11.9. The van der Waals surface area contributed by atoms with Crippen LogP contribution in [0.4, 0.5) is 5.69 Å². The number of rotatable bonds is 3. The average molecular weight is 246 g/mol. The first-order valence-electron chi connectivity index (χ1n) is 4.96. The quantitative estimate of drug-likeness (QED) is 0.669. The summed E-state index contributed by atoms with van der Waals surface area (Å²) in [4.78, 5) is 21.8. The third-order valence-electron chi connectivity index (χ3n) is 2.39. The van der Waals surface area contributed by atoms with Crippen molar-refractivity contribution in [2.24, 2.45) is 5.73 Å². The first-order valence-corrected chi connectivity index (χ1v) is 4.96. The van der Waals surface area contributed by atoms with Crippen LogP contribution in [0.15, 0.2) is 30.6 Å². The fraction of sp³-hybridized carbons (Fsp3) is 0. The maximum Gasteiger partial charge on any atom is 0.335 e. The van der Waals surface area contributed by atoms with Gasteiger partial charge in [-0.05, 0) is 18.2 Å². The molecule has 1 heterocycles. The van der Waals surface area contributed by atoms with Crippen molar-refractivity contribution in [2.45, 2.75) is 0 Å². The number of carboxylic acids is 1. The van der Waals surface area contributed by atoms with Crippen molar-refractivity contribution in [2.75, 3.05) is 5.73 Å². The molecule has 0 aliphatic carbocycles. The fourth-order valence-corrected chi connectivity index (χ4v) is 1.46. The zero-order valence-corrected chi connectivity index (χ0v) is 9.20. The highest BCUT2D eigenvalue weighted by atomic mass is 16.4. The number of aromatic nitrogens is 2. The molecular formula is C11H10N4O3. The lowest BCUT2D eigenvalue weighted by Crippen LogP contribution is -2.09. The molecule has 92 valence electrons. The van der Waals surface area contributed by atoms with Crippen LogP contribution in [0.3, 0.4) is 0 Å². The van der Waals surface area contributed by atoms with Crippen LogP contribution in [-0.2, 0) is 0 Å². The number of carbonyl (C=O) groups is 2. The smallest absolute Gasteiger partial charge is 0.335 e. The minimum absolute atomic E-state index is 0.0790. The highest BCUT2D eigenvalue weighted by Gasteiger charge is 2.11. The van der Waals surface area contributed by atoms with E-state index < -0.39 is 11.9 Å². The standard InChI is InChI=1S/C11H10N4O3/c12-8-2-1-6(11(17)18)3-9(8)15-5-7(4-14-15)10(13)16/h1-5H,12H2,(H2,13,16)(H,17,18). The van der Waals surface area contributed by atoms with Gasteiger partial charge in [-0.2, -0.15) is 5.10 Å². The van der Waals surface area contributed by atoms with E-state index in [2.05, 4.69) is 5.10 Å². The number of carboxylic acid groups (broad SMARTS) is 1. The van der Waals surface area contributed by atoms with E-state index in [0.29, 0.717) is 11.4 Å². The molecule has 0 aliphatic heterocycles. The van der Waals surface area contributed by atoms with Crippen LogP contribution in [0.25, 0.3) is 5.69 Å². The van der Waals surface area contributed by atoms with Gasteiger partial charge in [0, 0.05) is 6.20 Å². The van der Waals surface area contributed by atoms with Crippen molar-refractivity contribution in [1.29, 1.82) is 0 Å². The SMILES string of the molecule is NC(=O)c1cnn(-c2cc(C(=O)O)ccc2N)c1. The number of nitrogen functional groups attached to an aromatic ring is 1. The minimum Gasteiger partial charge on any atom is -0.478 e. The van der Waals surface area contributed by atoms with E-state index in [-0.39, 0.29) is 11.1 Å². The van der Waals surface area contributed by atoms with Crippen LogP contribution < -0.4 is 11.5 Å². The second-order valence-corrected chi connectivity index (χ2v) is 3.62. The Hall–Kier alpha value is -2.83. The minimum atomic E-state index is -1.07. The molecule has 5 N–H and O–H groups in total. The van der Waals surface area contributed by atoms with E-state index in [1.165, 1.54) is 35.3 Å². The predicted molar refractivity (Wildman–Crippen MR) is 63.5 cm³/mol. The maximum absolute atomic E-state index is 10.9. The first kappa shape index (κ1) is 11.6. The van der Waals surface area contributed by atoms with Crippen LogP contribution in [0.1, 0.15) is 20.7 Å². The molecule has 0 saturated carbocycles. The molecule has 2 aromatic rings. The van der Waals surface area contributed by atoms with Crippen LogP contribution in [-0.4, -0.2) is 26.8 Å². The zero-order chi connectivity index (χ0) is 13.3. The predicted octanol–water partition coefficient (Wildman–Crippen LogP) is 0.252. The van der Waals surface area contributed by atoms with Gasteiger partial charge in [0.05, 0.1) is 28.7 Å². The van der Waals surface area contributed by atoms with Gasteiger partial charge in [0.2, 0.25) is 0 Å². The van der Waals surface area contributed by atoms with Crippen LogP contribution >= 0.6 is 0 Å². The highest BCUT2D eigenvalue weighted by Crippen LogP contribution is 2.19. The largest absolute Gasteiger partial charge is 0.478 e. The summed E-state index contributed by atoms with van der Waals surface area (Å²) in [7, 11) is 0. The molecular weight excluding hydrogens is 236 g/mol. The molecule has 7 heteroatoms. The van der Waals surface area contributed by atoms with Gasteiger partial charge in [-0.25, -0.2) is 9.48 Å². The Balaban J connectivity index is 2.51. The van der Waals surface area contributed by atoms with E-state index in [1.54, 1.807) is 0 Å². The first-order chi connectivity index (χ1) is 8.49. The summed E-state index contributed by atoms with van der Waals surface area (Å²) < 4.78 is 1.31. The number of benzene rings is 1. The third-order valence-corrected chi connectivity index (χ3v) is 2.39. The van der Waals surface area contributed by atoms with Crippen LogP contribution in [0.5, 0.6) is 0 Å². The monoisotopic (exact) mass is 246 g/mol. The Bertz CT molecular complexity index is 633. The van der Waals surface area contributed by atoms with Crippen LogP contribution in [0, 0.1) is 0 Å². The fourth-order valence-electron chi connectivity index (χ4n) is 1.46. The molecule has 1 aromatic carbocycles. The molecule has 0 spiro atoms. The van der Waals surface area contributed by atoms with E-state index in [0.717, 1.165) is 0 Å². The molecule has 0 saturated heterocycles. The molecule has 1 aromatic heterocycles.